The monoisotopic (exact) mass is 518 g/mol. The lowest BCUT2D eigenvalue weighted by Crippen LogP contribution is -2.30. The first kappa shape index (κ1) is 25.1. The number of hydrogen-bond acceptors (Lipinski definition) is 6. The van der Waals surface area contributed by atoms with Crippen LogP contribution < -0.4 is 14.4 Å². The molecule has 11 heteroatoms. The minimum absolute atomic E-state index is 0.0654. The smallest absolute Gasteiger partial charge is 0.507 e. The van der Waals surface area contributed by atoms with E-state index >= 15 is 0 Å². The van der Waals surface area contributed by atoms with E-state index < -0.39 is 35.6 Å². The zero-order valence-corrected chi connectivity index (χ0v) is 19.6. The number of rotatable bonds is 5. The standard InChI is InChI=1S/C25H18ClF3N2O5/c1-13-10-16(23(35-2)17(26)11-13)21(32)19-20(18-8-3-4-9-30-18)31(24(34)22(19)33)14-6-5-7-15(12-14)36-25(27,28)29/h3-12,20,32H,1-2H3/b21-19+. The maximum Gasteiger partial charge on any atom is 0.573 e. The van der Waals surface area contributed by atoms with E-state index in [-0.39, 0.29) is 33.3 Å². The van der Waals surface area contributed by atoms with E-state index in [2.05, 4.69) is 9.72 Å². The molecule has 1 atom stereocenters. The summed E-state index contributed by atoms with van der Waals surface area (Å²) >= 11 is 6.26. The fourth-order valence-corrected chi connectivity index (χ4v) is 4.36. The predicted molar refractivity (Wildman–Crippen MR) is 125 cm³/mol. The number of aromatic nitrogens is 1. The molecule has 3 aromatic rings. The maximum atomic E-state index is 13.2. The van der Waals surface area contributed by atoms with Crippen LogP contribution in [0.25, 0.3) is 5.76 Å². The van der Waals surface area contributed by atoms with Gasteiger partial charge in [0.25, 0.3) is 11.7 Å². The van der Waals surface area contributed by atoms with Crippen molar-refractivity contribution in [3.8, 4) is 11.5 Å². The second kappa shape index (κ2) is 9.54. The van der Waals surface area contributed by atoms with Gasteiger partial charge in [0.1, 0.15) is 23.3 Å². The summed E-state index contributed by atoms with van der Waals surface area (Å²) in [4.78, 5) is 31.6. The van der Waals surface area contributed by atoms with Gasteiger partial charge in [-0.3, -0.25) is 19.5 Å². The SMILES string of the molecule is COc1c(Cl)cc(C)cc1/C(O)=C1\C(=O)C(=O)N(c2cccc(OC(F)(F)F)c2)C1c1ccccn1. The lowest BCUT2D eigenvalue weighted by molar-refractivity contribution is -0.274. The molecule has 1 aliphatic rings. The van der Waals surface area contributed by atoms with E-state index in [4.69, 9.17) is 16.3 Å². The topological polar surface area (TPSA) is 89.0 Å². The van der Waals surface area contributed by atoms with Crippen molar-refractivity contribution in [3.63, 3.8) is 0 Å². The van der Waals surface area contributed by atoms with Crippen LogP contribution in [0.15, 0.2) is 66.4 Å². The number of aliphatic hydroxyl groups is 1. The second-order valence-corrected chi connectivity index (χ2v) is 8.20. The molecule has 0 radical (unpaired) electrons. The molecule has 36 heavy (non-hydrogen) atoms. The van der Waals surface area contributed by atoms with Gasteiger partial charge >= 0.3 is 6.36 Å². The number of methoxy groups -OCH3 is 1. The summed E-state index contributed by atoms with van der Waals surface area (Å²) in [5.74, 6) is -3.23. The number of aliphatic hydroxyl groups excluding tert-OH is 1. The first-order chi connectivity index (χ1) is 17.0. The molecular formula is C25H18ClF3N2O5. The molecule has 1 unspecified atom stereocenters. The summed E-state index contributed by atoms with van der Waals surface area (Å²) in [5.41, 5.74) is 0.500. The third kappa shape index (κ3) is 4.72. The Bertz CT molecular complexity index is 1380. The number of amides is 1. The van der Waals surface area contributed by atoms with Crippen molar-refractivity contribution in [2.24, 2.45) is 0 Å². The van der Waals surface area contributed by atoms with Crippen LogP contribution in [-0.2, 0) is 9.59 Å². The van der Waals surface area contributed by atoms with Crippen molar-refractivity contribution >= 4 is 34.7 Å². The number of aryl methyl sites for hydroxylation is 1. The molecule has 4 rings (SSSR count). The van der Waals surface area contributed by atoms with Crippen molar-refractivity contribution in [1.82, 2.24) is 4.98 Å². The highest BCUT2D eigenvalue weighted by atomic mass is 35.5. The molecule has 7 nitrogen and oxygen atoms in total. The summed E-state index contributed by atoms with van der Waals surface area (Å²) in [6.45, 7) is 1.71. The fourth-order valence-electron chi connectivity index (χ4n) is 4.00. The number of anilines is 1. The van der Waals surface area contributed by atoms with Gasteiger partial charge < -0.3 is 14.6 Å². The number of halogens is 4. The molecule has 1 amide bonds. The van der Waals surface area contributed by atoms with Gasteiger partial charge in [0.05, 0.1) is 29.0 Å². The van der Waals surface area contributed by atoms with Gasteiger partial charge in [-0.25, -0.2) is 0 Å². The van der Waals surface area contributed by atoms with Crippen LogP contribution in [0.3, 0.4) is 0 Å². The van der Waals surface area contributed by atoms with Crippen molar-refractivity contribution in [2.45, 2.75) is 19.3 Å². The lowest BCUT2D eigenvalue weighted by Gasteiger charge is -2.25. The Morgan fingerprint density at radius 2 is 1.86 bits per heavy atom. The number of benzene rings is 2. The van der Waals surface area contributed by atoms with E-state index in [1.54, 1.807) is 25.1 Å². The highest BCUT2D eigenvalue weighted by Crippen LogP contribution is 2.44. The van der Waals surface area contributed by atoms with Gasteiger partial charge in [0.15, 0.2) is 0 Å². The minimum Gasteiger partial charge on any atom is -0.507 e. The summed E-state index contributed by atoms with van der Waals surface area (Å²) in [7, 11) is 1.33. The minimum atomic E-state index is -4.96. The van der Waals surface area contributed by atoms with Gasteiger partial charge in [-0.15, -0.1) is 13.2 Å². The highest BCUT2D eigenvalue weighted by molar-refractivity contribution is 6.51. The Hall–Kier alpha value is -4.05. The van der Waals surface area contributed by atoms with E-state index in [9.17, 15) is 27.9 Å². The summed E-state index contributed by atoms with van der Waals surface area (Å²) < 4.78 is 47.7. The fraction of sp³-hybridized carbons (Fsp3) is 0.160. The van der Waals surface area contributed by atoms with Crippen LogP contribution in [-0.4, -0.2) is 35.3 Å². The third-order valence-corrected chi connectivity index (χ3v) is 5.67. The number of nitrogens with zero attached hydrogens (tertiary/aromatic N) is 2. The van der Waals surface area contributed by atoms with Crippen molar-refractivity contribution in [2.75, 3.05) is 12.0 Å². The third-order valence-electron chi connectivity index (χ3n) is 5.39. The molecule has 1 saturated heterocycles. The highest BCUT2D eigenvalue weighted by Gasteiger charge is 2.48. The van der Waals surface area contributed by atoms with Gasteiger partial charge in [0, 0.05) is 18.0 Å². The molecule has 0 aliphatic carbocycles. The number of ketones is 1. The first-order valence-electron chi connectivity index (χ1n) is 10.4. The van der Waals surface area contributed by atoms with Crippen LogP contribution in [0.2, 0.25) is 5.02 Å². The van der Waals surface area contributed by atoms with Crippen LogP contribution in [0.4, 0.5) is 18.9 Å². The number of carbonyl (C=O) groups excluding carboxylic acids is 2. The number of Topliss-reactive ketones (excluding diaryl/α,β-unsaturated/α-hetero) is 1. The summed E-state index contributed by atoms with van der Waals surface area (Å²) in [6, 6.07) is 11.2. The zero-order chi connectivity index (χ0) is 26.2. The van der Waals surface area contributed by atoms with Crippen molar-refractivity contribution in [1.29, 1.82) is 0 Å². The molecule has 0 spiro atoms. The number of hydrogen-bond donors (Lipinski definition) is 1. The Kier molecular flexibility index (Phi) is 6.64. The molecule has 0 bridgehead atoms. The predicted octanol–water partition coefficient (Wildman–Crippen LogP) is 5.58. The number of pyridine rings is 1. The van der Waals surface area contributed by atoms with E-state index in [0.29, 0.717) is 5.56 Å². The molecule has 1 N–H and O–H groups in total. The van der Waals surface area contributed by atoms with Crippen LogP contribution in [0.1, 0.15) is 22.9 Å². The van der Waals surface area contributed by atoms with Gasteiger partial charge in [-0.1, -0.05) is 23.7 Å². The lowest BCUT2D eigenvalue weighted by atomic mass is 9.97. The molecule has 1 fully saturated rings. The molecule has 0 saturated carbocycles. The molecule has 1 aromatic heterocycles. The molecule has 2 aromatic carbocycles. The zero-order valence-electron chi connectivity index (χ0n) is 18.8. The molecule has 186 valence electrons. The van der Waals surface area contributed by atoms with Crippen LogP contribution in [0.5, 0.6) is 11.5 Å². The number of carbonyl (C=O) groups is 2. The second-order valence-electron chi connectivity index (χ2n) is 7.80. The van der Waals surface area contributed by atoms with Crippen molar-refractivity contribution < 1.29 is 37.3 Å². The van der Waals surface area contributed by atoms with Gasteiger partial charge in [-0.05, 0) is 48.9 Å². The normalized spacial score (nSPS) is 17.4. The number of ether oxygens (including phenoxy) is 2. The Morgan fingerprint density at radius 3 is 2.50 bits per heavy atom. The van der Waals surface area contributed by atoms with Gasteiger partial charge in [-0.2, -0.15) is 0 Å². The summed E-state index contributed by atoms with van der Waals surface area (Å²) in [6.07, 6.45) is -3.54. The Morgan fingerprint density at radius 1 is 1.11 bits per heavy atom. The average molecular weight is 519 g/mol. The van der Waals surface area contributed by atoms with Crippen LogP contribution >= 0.6 is 11.6 Å². The summed E-state index contributed by atoms with van der Waals surface area (Å²) in [5, 5.41) is 11.5. The van der Waals surface area contributed by atoms with E-state index in [1.807, 2.05) is 0 Å². The molecule has 2 heterocycles. The maximum absolute atomic E-state index is 13.2. The van der Waals surface area contributed by atoms with E-state index in [0.717, 1.165) is 17.0 Å². The Balaban J connectivity index is 1.95. The molecular weight excluding hydrogens is 501 g/mol. The average Bonchev–Trinajstić information content (AvgIpc) is 3.08. The first-order valence-corrected chi connectivity index (χ1v) is 10.8. The van der Waals surface area contributed by atoms with Gasteiger partial charge in [0.2, 0.25) is 0 Å². The number of alkyl halides is 3. The largest absolute Gasteiger partial charge is 0.573 e. The molecule has 1 aliphatic heterocycles. The quantitative estimate of drug-likeness (QED) is 0.269. The van der Waals surface area contributed by atoms with E-state index in [1.165, 1.54) is 37.6 Å². The van der Waals surface area contributed by atoms with Crippen LogP contribution in [0, 0.1) is 6.92 Å². The Labute approximate surface area is 208 Å². The van der Waals surface area contributed by atoms with Crippen molar-refractivity contribution in [3.05, 3.63) is 88.2 Å².